The van der Waals surface area contributed by atoms with E-state index in [1.54, 1.807) is 48.3 Å². The number of rotatable bonds is 5. The molecule has 7 heteroatoms. The van der Waals surface area contributed by atoms with Crippen LogP contribution in [0.25, 0.3) is 0 Å². The summed E-state index contributed by atoms with van der Waals surface area (Å²) < 4.78 is 1.59. The number of benzene rings is 1. The predicted octanol–water partition coefficient (Wildman–Crippen LogP) is 2.47. The maximum Gasteiger partial charge on any atom is 0.253 e. The van der Waals surface area contributed by atoms with Crippen molar-refractivity contribution < 1.29 is 9.59 Å². The van der Waals surface area contributed by atoms with Gasteiger partial charge in [-0.05, 0) is 18.1 Å². The first kappa shape index (κ1) is 17.0. The number of aromatic nitrogens is 2. The fourth-order valence-corrected chi connectivity index (χ4v) is 2.31. The molecule has 1 unspecified atom stereocenters. The Balaban J connectivity index is 2.10. The Morgan fingerprint density at radius 1 is 1.22 bits per heavy atom. The first-order valence-corrected chi connectivity index (χ1v) is 7.62. The number of hydrogen-bond acceptors (Lipinski definition) is 3. The lowest BCUT2D eigenvalue weighted by Gasteiger charge is -2.21. The van der Waals surface area contributed by atoms with Crippen LogP contribution in [0.4, 0.5) is 5.82 Å². The van der Waals surface area contributed by atoms with E-state index in [9.17, 15) is 9.59 Å². The maximum absolute atomic E-state index is 12.4. The average Bonchev–Trinajstić information content (AvgIpc) is 2.89. The summed E-state index contributed by atoms with van der Waals surface area (Å²) in [6.07, 6.45) is 1.72. The third-order valence-corrected chi connectivity index (χ3v) is 3.65. The van der Waals surface area contributed by atoms with Gasteiger partial charge in [0.15, 0.2) is 5.82 Å². The molecule has 0 bridgehead atoms. The van der Waals surface area contributed by atoms with Crippen molar-refractivity contribution in [3.05, 3.63) is 47.1 Å². The quantitative estimate of drug-likeness (QED) is 0.882. The first-order valence-electron chi connectivity index (χ1n) is 7.24. The minimum absolute atomic E-state index is 0.0925. The smallest absolute Gasteiger partial charge is 0.253 e. The summed E-state index contributed by atoms with van der Waals surface area (Å²) in [5.41, 5.74) is 0.338. The lowest BCUT2D eigenvalue weighted by Crippen LogP contribution is -2.47. The van der Waals surface area contributed by atoms with E-state index in [2.05, 4.69) is 15.7 Å². The summed E-state index contributed by atoms with van der Waals surface area (Å²) in [7, 11) is 1.76. The van der Waals surface area contributed by atoms with E-state index in [-0.39, 0.29) is 17.7 Å². The number of anilines is 1. The van der Waals surface area contributed by atoms with E-state index in [0.717, 1.165) is 0 Å². The van der Waals surface area contributed by atoms with Crippen LogP contribution in [0.3, 0.4) is 0 Å². The van der Waals surface area contributed by atoms with Gasteiger partial charge in [0.2, 0.25) is 5.91 Å². The average molecular weight is 335 g/mol. The Hall–Kier alpha value is -2.34. The molecule has 122 valence electrons. The third kappa shape index (κ3) is 4.32. The van der Waals surface area contributed by atoms with E-state index in [4.69, 9.17) is 11.6 Å². The molecule has 6 nitrogen and oxygen atoms in total. The lowest BCUT2D eigenvalue weighted by molar-refractivity contribution is -0.118. The summed E-state index contributed by atoms with van der Waals surface area (Å²) in [6.45, 7) is 3.71. The standard InChI is InChI=1S/C16H19ClN4O2/c1-10(2)14(16(23)18-13-8-9-21(3)20-13)19-15(22)11-6-4-5-7-12(11)17/h4-10,14H,1-3H3,(H,19,22)(H,18,20,23). The number of carbonyl (C=O) groups is 2. The Morgan fingerprint density at radius 3 is 2.48 bits per heavy atom. The van der Waals surface area contributed by atoms with Crippen LogP contribution in [-0.4, -0.2) is 27.6 Å². The molecule has 1 aromatic heterocycles. The normalized spacial score (nSPS) is 12.0. The minimum atomic E-state index is -0.694. The molecule has 1 heterocycles. The molecule has 0 fully saturated rings. The van der Waals surface area contributed by atoms with E-state index in [1.807, 2.05) is 13.8 Å². The van der Waals surface area contributed by atoms with Gasteiger partial charge < -0.3 is 10.6 Å². The summed E-state index contributed by atoms with van der Waals surface area (Å²) in [4.78, 5) is 24.8. The number of carbonyl (C=O) groups excluding carboxylic acids is 2. The van der Waals surface area contributed by atoms with Gasteiger partial charge >= 0.3 is 0 Å². The molecule has 0 saturated heterocycles. The van der Waals surface area contributed by atoms with Gasteiger partial charge in [0.05, 0.1) is 10.6 Å². The Morgan fingerprint density at radius 2 is 1.91 bits per heavy atom. The van der Waals surface area contributed by atoms with Crippen LogP contribution in [-0.2, 0) is 11.8 Å². The zero-order valence-corrected chi connectivity index (χ0v) is 14.0. The molecule has 0 aliphatic rings. The fraction of sp³-hybridized carbons (Fsp3) is 0.312. The summed E-state index contributed by atoms with van der Waals surface area (Å²) >= 11 is 6.02. The van der Waals surface area contributed by atoms with E-state index >= 15 is 0 Å². The first-order chi connectivity index (χ1) is 10.9. The topological polar surface area (TPSA) is 76.0 Å². The molecule has 2 aromatic rings. The van der Waals surface area contributed by atoms with Gasteiger partial charge in [0.25, 0.3) is 5.91 Å². The second kappa shape index (κ2) is 7.28. The molecule has 2 rings (SSSR count). The van der Waals surface area contributed by atoms with Gasteiger partial charge in [-0.15, -0.1) is 0 Å². The van der Waals surface area contributed by atoms with Crippen molar-refractivity contribution in [3.63, 3.8) is 0 Å². The van der Waals surface area contributed by atoms with Crippen LogP contribution < -0.4 is 10.6 Å². The van der Waals surface area contributed by atoms with E-state index < -0.39 is 6.04 Å². The zero-order chi connectivity index (χ0) is 17.0. The van der Waals surface area contributed by atoms with Crippen molar-refractivity contribution in [1.29, 1.82) is 0 Å². The highest BCUT2D eigenvalue weighted by molar-refractivity contribution is 6.33. The lowest BCUT2D eigenvalue weighted by atomic mass is 10.0. The van der Waals surface area contributed by atoms with Gasteiger partial charge in [-0.3, -0.25) is 14.3 Å². The number of halogens is 1. The van der Waals surface area contributed by atoms with E-state index in [0.29, 0.717) is 16.4 Å². The van der Waals surface area contributed by atoms with Crippen molar-refractivity contribution in [2.45, 2.75) is 19.9 Å². The Labute approximate surface area is 139 Å². The number of nitrogens with zero attached hydrogens (tertiary/aromatic N) is 2. The number of nitrogens with one attached hydrogen (secondary N) is 2. The molecular formula is C16H19ClN4O2. The molecule has 23 heavy (non-hydrogen) atoms. The third-order valence-electron chi connectivity index (χ3n) is 3.32. The number of amides is 2. The molecule has 0 radical (unpaired) electrons. The monoisotopic (exact) mass is 334 g/mol. The fourth-order valence-electron chi connectivity index (χ4n) is 2.09. The van der Waals surface area contributed by atoms with Gasteiger partial charge in [-0.25, -0.2) is 0 Å². The molecule has 0 spiro atoms. The SMILES string of the molecule is CC(C)C(NC(=O)c1ccccc1Cl)C(=O)Nc1ccn(C)n1. The van der Waals surface area contributed by atoms with Gasteiger partial charge in [-0.1, -0.05) is 37.6 Å². The second-order valence-corrected chi connectivity index (χ2v) is 5.95. The van der Waals surface area contributed by atoms with Gasteiger partial charge in [-0.2, -0.15) is 5.10 Å². The molecule has 0 aliphatic heterocycles. The van der Waals surface area contributed by atoms with Gasteiger partial charge in [0, 0.05) is 19.3 Å². The molecule has 1 atom stereocenters. The highest BCUT2D eigenvalue weighted by Crippen LogP contribution is 2.16. The zero-order valence-electron chi connectivity index (χ0n) is 13.2. The molecule has 2 N–H and O–H groups in total. The van der Waals surface area contributed by atoms with Crippen molar-refractivity contribution in [2.75, 3.05) is 5.32 Å². The van der Waals surface area contributed by atoms with Crippen LogP contribution in [0, 0.1) is 5.92 Å². The molecular weight excluding hydrogens is 316 g/mol. The van der Waals surface area contributed by atoms with Crippen LogP contribution >= 0.6 is 11.6 Å². The Bertz CT molecular complexity index is 712. The Kier molecular flexibility index (Phi) is 5.39. The predicted molar refractivity (Wildman–Crippen MR) is 89.4 cm³/mol. The van der Waals surface area contributed by atoms with Crippen LogP contribution in [0.1, 0.15) is 24.2 Å². The van der Waals surface area contributed by atoms with Gasteiger partial charge in [0.1, 0.15) is 6.04 Å². The number of hydrogen-bond donors (Lipinski definition) is 2. The molecule has 1 aromatic carbocycles. The highest BCUT2D eigenvalue weighted by Gasteiger charge is 2.25. The summed E-state index contributed by atoms with van der Waals surface area (Å²) in [5.74, 6) is -0.357. The molecule has 0 saturated carbocycles. The van der Waals surface area contributed by atoms with Crippen LogP contribution in [0.15, 0.2) is 36.5 Å². The second-order valence-electron chi connectivity index (χ2n) is 5.54. The number of aryl methyl sites for hydroxylation is 1. The van der Waals surface area contributed by atoms with Crippen molar-refractivity contribution in [2.24, 2.45) is 13.0 Å². The largest absolute Gasteiger partial charge is 0.340 e. The minimum Gasteiger partial charge on any atom is -0.340 e. The summed E-state index contributed by atoms with van der Waals surface area (Å²) in [6, 6.07) is 7.71. The van der Waals surface area contributed by atoms with Crippen molar-refractivity contribution >= 4 is 29.2 Å². The maximum atomic E-state index is 12.4. The molecule has 0 aliphatic carbocycles. The molecule has 2 amide bonds. The van der Waals surface area contributed by atoms with Crippen LogP contribution in [0.5, 0.6) is 0 Å². The summed E-state index contributed by atoms with van der Waals surface area (Å²) in [5, 5.41) is 9.87. The van der Waals surface area contributed by atoms with Crippen LogP contribution in [0.2, 0.25) is 5.02 Å². The van der Waals surface area contributed by atoms with Crippen molar-refractivity contribution in [3.8, 4) is 0 Å². The highest BCUT2D eigenvalue weighted by atomic mass is 35.5. The van der Waals surface area contributed by atoms with Crippen molar-refractivity contribution in [1.82, 2.24) is 15.1 Å². The van der Waals surface area contributed by atoms with E-state index in [1.165, 1.54) is 0 Å².